The van der Waals surface area contributed by atoms with Gasteiger partial charge in [-0.1, -0.05) is 64.3 Å². The van der Waals surface area contributed by atoms with Crippen LogP contribution in [0.25, 0.3) is 0 Å². The van der Waals surface area contributed by atoms with Crippen LogP contribution in [0.1, 0.15) is 108 Å². The van der Waals surface area contributed by atoms with Gasteiger partial charge in [0.25, 0.3) is 0 Å². The Morgan fingerprint density at radius 3 is 1.79 bits per heavy atom. The molecule has 0 bridgehead atoms. The van der Waals surface area contributed by atoms with Gasteiger partial charge in [0.1, 0.15) is 0 Å². The van der Waals surface area contributed by atoms with Crippen LogP contribution in [0.15, 0.2) is 30.3 Å². The topological polar surface area (TPSA) is 34.1 Å². The van der Waals surface area contributed by atoms with Crippen molar-refractivity contribution in [1.82, 2.24) is 0 Å². The van der Waals surface area contributed by atoms with Gasteiger partial charge in [0.05, 0.1) is 0 Å². The first-order valence-electron chi connectivity index (χ1n) is 11.0. The second-order valence-corrected chi connectivity index (χ2v) is 7.93. The summed E-state index contributed by atoms with van der Waals surface area (Å²) in [5, 5.41) is 0. The molecule has 1 aliphatic rings. The lowest BCUT2D eigenvalue weighted by molar-refractivity contribution is 0.0978. The maximum Gasteiger partial charge on any atom is 0.194 e. The Hall–Kier alpha value is -2.22. The zero-order valence-corrected chi connectivity index (χ0v) is 17.6. The summed E-state index contributed by atoms with van der Waals surface area (Å²) in [6, 6.07) is 9.36. The van der Waals surface area contributed by atoms with Crippen molar-refractivity contribution >= 4 is 11.6 Å². The number of unbranched alkanes of at least 4 members (excludes halogenated alkanes) is 3. The molecule has 0 aliphatic heterocycles. The van der Waals surface area contributed by atoms with Crippen molar-refractivity contribution in [2.75, 3.05) is 0 Å². The summed E-state index contributed by atoms with van der Waals surface area (Å²) in [6.07, 6.45) is 9.51. The first-order valence-corrected chi connectivity index (χ1v) is 11.0. The first-order chi connectivity index (χ1) is 13.6. The van der Waals surface area contributed by atoms with Crippen LogP contribution in [-0.4, -0.2) is 11.6 Å². The van der Waals surface area contributed by atoms with Gasteiger partial charge in [-0.15, -0.1) is 0 Å². The molecular weight excluding hydrogens is 344 g/mol. The lowest BCUT2D eigenvalue weighted by Gasteiger charge is -2.25. The quantitative estimate of drug-likeness (QED) is 0.428. The minimum atomic E-state index is 0.0164. The fraction of sp³-hybridized carbons (Fsp3) is 0.462. The summed E-state index contributed by atoms with van der Waals surface area (Å²) >= 11 is 0. The minimum Gasteiger partial charge on any atom is -0.289 e. The molecule has 0 spiro atoms. The van der Waals surface area contributed by atoms with Crippen LogP contribution in [0, 0.1) is 0 Å². The average Bonchev–Trinajstić information content (AvgIpc) is 2.72. The smallest absolute Gasteiger partial charge is 0.194 e. The molecule has 0 aromatic heterocycles. The number of fused-ring (bicyclic) bond motifs is 2. The third-order valence-electron chi connectivity index (χ3n) is 5.89. The van der Waals surface area contributed by atoms with Gasteiger partial charge >= 0.3 is 0 Å². The number of rotatable bonds is 9. The van der Waals surface area contributed by atoms with E-state index < -0.39 is 0 Å². The van der Waals surface area contributed by atoms with E-state index in [0.717, 1.165) is 63.4 Å². The van der Waals surface area contributed by atoms with Gasteiger partial charge in [0.2, 0.25) is 0 Å². The normalized spacial score (nSPS) is 12.8. The molecule has 2 nitrogen and oxygen atoms in total. The monoisotopic (exact) mass is 376 g/mol. The molecule has 0 N–H and O–H groups in total. The third-order valence-corrected chi connectivity index (χ3v) is 5.89. The van der Waals surface area contributed by atoms with Crippen molar-refractivity contribution in [1.29, 1.82) is 0 Å². The summed E-state index contributed by atoms with van der Waals surface area (Å²) in [6.45, 7) is 6.59. The largest absolute Gasteiger partial charge is 0.289 e. The molecule has 0 saturated heterocycles. The molecule has 2 heteroatoms. The summed E-state index contributed by atoms with van der Waals surface area (Å²) in [7, 11) is 0. The van der Waals surface area contributed by atoms with E-state index in [1.165, 1.54) is 11.1 Å². The molecule has 3 rings (SSSR count). The SMILES string of the molecule is CCCCc1cc2c(c(CCCC)c1CCCC)C(=O)c1ccccc1C2=O. The predicted octanol–water partition coefficient (Wildman–Crippen LogP) is 6.49. The van der Waals surface area contributed by atoms with Crippen LogP contribution in [-0.2, 0) is 19.3 Å². The molecule has 0 fully saturated rings. The molecule has 2 aromatic rings. The average molecular weight is 377 g/mol. The molecule has 0 heterocycles. The van der Waals surface area contributed by atoms with Crippen LogP contribution < -0.4 is 0 Å². The lowest BCUT2D eigenvalue weighted by atomic mass is 9.76. The number of hydrogen-bond acceptors (Lipinski definition) is 2. The highest BCUT2D eigenvalue weighted by Crippen LogP contribution is 2.35. The second kappa shape index (κ2) is 9.32. The number of hydrogen-bond donors (Lipinski definition) is 0. The number of carbonyl (C=O) groups excluding carboxylic acids is 2. The van der Waals surface area contributed by atoms with Gasteiger partial charge in [0.15, 0.2) is 11.6 Å². The lowest BCUT2D eigenvalue weighted by Crippen LogP contribution is -2.24. The molecule has 0 saturated carbocycles. The Bertz CT molecular complexity index is 876. The molecule has 0 radical (unpaired) electrons. The van der Waals surface area contributed by atoms with Crippen molar-refractivity contribution in [2.45, 2.75) is 78.6 Å². The van der Waals surface area contributed by atoms with Crippen molar-refractivity contribution in [3.63, 3.8) is 0 Å². The molecule has 0 amide bonds. The Labute approximate surface area is 169 Å². The first kappa shape index (κ1) is 20.5. The molecule has 0 atom stereocenters. The summed E-state index contributed by atoms with van der Waals surface area (Å²) in [5.41, 5.74) is 6.27. The molecule has 1 aliphatic carbocycles. The maximum absolute atomic E-state index is 13.4. The van der Waals surface area contributed by atoms with E-state index in [1.54, 1.807) is 12.1 Å². The highest BCUT2D eigenvalue weighted by Gasteiger charge is 2.33. The van der Waals surface area contributed by atoms with Crippen LogP contribution in [0.5, 0.6) is 0 Å². The summed E-state index contributed by atoms with van der Waals surface area (Å²) < 4.78 is 0. The van der Waals surface area contributed by atoms with E-state index in [1.807, 2.05) is 12.1 Å². The van der Waals surface area contributed by atoms with Crippen molar-refractivity contribution in [3.8, 4) is 0 Å². The minimum absolute atomic E-state index is 0.0164. The third kappa shape index (κ3) is 3.83. The Balaban J connectivity index is 2.23. The van der Waals surface area contributed by atoms with Crippen LogP contribution >= 0.6 is 0 Å². The number of carbonyl (C=O) groups is 2. The number of benzene rings is 2. The van der Waals surface area contributed by atoms with Gasteiger partial charge in [-0.05, 0) is 61.3 Å². The standard InChI is InChI=1S/C26H32O2/c1-4-7-12-18-17-23-24(20(14-9-6-3)19(18)13-8-5-2)26(28)22-16-11-10-15-21(22)25(23)27/h10-11,15-17H,4-9,12-14H2,1-3H3. The molecular formula is C26H32O2. The Kier molecular flexibility index (Phi) is 6.83. The van der Waals surface area contributed by atoms with Crippen LogP contribution in [0.2, 0.25) is 0 Å². The number of aryl methyl sites for hydroxylation is 1. The van der Waals surface area contributed by atoms with E-state index in [9.17, 15) is 9.59 Å². The fourth-order valence-electron chi connectivity index (χ4n) is 4.32. The second-order valence-electron chi connectivity index (χ2n) is 7.93. The van der Waals surface area contributed by atoms with E-state index in [0.29, 0.717) is 22.3 Å². The zero-order chi connectivity index (χ0) is 20.1. The number of ketones is 2. The van der Waals surface area contributed by atoms with E-state index in [2.05, 4.69) is 26.8 Å². The van der Waals surface area contributed by atoms with Crippen LogP contribution in [0.3, 0.4) is 0 Å². The van der Waals surface area contributed by atoms with Gasteiger partial charge in [-0.2, -0.15) is 0 Å². The maximum atomic E-state index is 13.4. The summed E-state index contributed by atoms with van der Waals surface area (Å²) in [4.78, 5) is 26.7. The van der Waals surface area contributed by atoms with E-state index in [4.69, 9.17) is 0 Å². The van der Waals surface area contributed by atoms with E-state index >= 15 is 0 Å². The van der Waals surface area contributed by atoms with Gasteiger partial charge in [-0.3, -0.25) is 9.59 Å². The van der Waals surface area contributed by atoms with Crippen LogP contribution in [0.4, 0.5) is 0 Å². The molecule has 28 heavy (non-hydrogen) atoms. The van der Waals surface area contributed by atoms with Gasteiger partial charge < -0.3 is 0 Å². The van der Waals surface area contributed by atoms with E-state index in [-0.39, 0.29) is 11.6 Å². The predicted molar refractivity (Wildman–Crippen MR) is 116 cm³/mol. The van der Waals surface area contributed by atoms with Crippen molar-refractivity contribution < 1.29 is 9.59 Å². The highest BCUT2D eigenvalue weighted by molar-refractivity contribution is 6.29. The van der Waals surface area contributed by atoms with Crippen molar-refractivity contribution in [2.24, 2.45) is 0 Å². The fourth-order valence-corrected chi connectivity index (χ4v) is 4.32. The molecule has 2 aromatic carbocycles. The molecule has 0 unspecified atom stereocenters. The zero-order valence-electron chi connectivity index (χ0n) is 17.6. The van der Waals surface area contributed by atoms with Crippen molar-refractivity contribution in [3.05, 3.63) is 69.3 Å². The summed E-state index contributed by atoms with van der Waals surface area (Å²) in [5.74, 6) is 0.0545. The molecule has 148 valence electrons. The van der Waals surface area contributed by atoms with Gasteiger partial charge in [-0.25, -0.2) is 0 Å². The van der Waals surface area contributed by atoms with Gasteiger partial charge in [0, 0.05) is 22.3 Å². The Morgan fingerprint density at radius 2 is 1.18 bits per heavy atom. The Morgan fingerprint density at radius 1 is 0.643 bits per heavy atom. The highest BCUT2D eigenvalue weighted by atomic mass is 16.1.